The Kier molecular flexibility index (Phi) is 5.44. The number of ether oxygens (including phenoxy) is 2. The summed E-state index contributed by atoms with van der Waals surface area (Å²) in [5.74, 6) is 1.50. The van der Waals surface area contributed by atoms with Gasteiger partial charge in [0.25, 0.3) is 0 Å². The predicted molar refractivity (Wildman–Crippen MR) is 82.1 cm³/mol. The Morgan fingerprint density at radius 3 is 2.55 bits per heavy atom. The van der Waals surface area contributed by atoms with Crippen molar-refractivity contribution in [3.63, 3.8) is 0 Å². The predicted octanol–water partition coefficient (Wildman–Crippen LogP) is 3.55. The van der Waals surface area contributed by atoms with E-state index in [-0.39, 0.29) is 6.10 Å². The first kappa shape index (κ1) is 15.3. The van der Waals surface area contributed by atoms with E-state index in [1.165, 1.54) is 5.56 Å². The van der Waals surface area contributed by atoms with E-state index in [2.05, 4.69) is 36.5 Å². The first-order valence-corrected chi connectivity index (χ1v) is 7.71. The molecule has 1 aliphatic rings. The van der Waals surface area contributed by atoms with Crippen LogP contribution in [0, 0.1) is 5.92 Å². The van der Waals surface area contributed by atoms with Gasteiger partial charge in [0.05, 0.1) is 12.2 Å². The molecule has 2 rings (SSSR count). The molecule has 1 heterocycles. The lowest BCUT2D eigenvalue weighted by molar-refractivity contribution is 0.0782. The first-order valence-electron chi connectivity index (χ1n) is 7.71. The van der Waals surface area contributed by atoms with Crippen molar-refractivity contribution in [1.29, 1.82) is 0 Å². The first-order chi connectivity index (χ1) is 9.65. The Balaban J connectivity index is 2.11. The van der Waals surface area contributed by atoms with E-state index < -0.39 is 0 Å². The monoisotopic (exact) mass is 277 g/mol. The van der Waals surface area contributed by atoms with Gasteiger partial charge in [-0.25, -0.2) is 0 Å². The molecule has 1 aromatic rings. The largest absolute Gasteiger partial charge is 0.491 e. The third-order valence-electron chi connectivity index (χ3n) is 4.01. The van der Waals surface area contributed by atoms with Crippen LogP contribution < -0.4 is 10.1 Å². The van der Waals surface area contributed by atoms with Crippen molar-refractivity contribution >= 4 is 0 Å². The zero-order chi connectivity index (χ0) is 14.5. The Bertz CT molecular complexity index is 402. The molecule has 1 N–H and O–H groups in total. The summed E-state index contributed by atoms with van der Waals surface area (Å²) < 4.78 is 11.5. The second-order valence-electron chi connectivity index (χ2n) is 5.77. The minimum Gasteiger partial charge on any atom is -0.491 e. The molecule has 0 amide bonds. The van der Waals surface area contributed by atoms with Crippen LogP contribution >= 0.6 is 0 Å². The molecule has 1 fully saturated rings. The number of benzene rings is 1. The van der Waals surface area contributed by atoms with Crippen molar-refractivity contribution in [2.24, 2.45) is 5.92 Å². The van der Waals surface area contributed by atoms with Crippen LogP contribution in [0.3, 0.4) is 0 Å². The Morgan fingerprint density at radius 2 is 2.00 bits per heavy atom. The molecule has 1 saturated heterocycles. The zero-order valence-corrected chi connectivity index (χ0v) is 13.1. The Labute approximate surface area is 122 Å². The average Bonchev–Trinajstić information content (AvgIpc) is 2.89. The maximum Gasteiger partial charge on any atom is 0.119 e. The molecule has 3 unspecified atom stereocenters. The van der Waals surface area contributed by atoms with E-state index in [4.69, 9.17) is 9.47 Å². The molecule has 112 valence electrons. The molecule has 0 aromatic heterocycles. The van der Waals surface area contributed by atoms with Crippen LogP contribution in [0.15, 0.2) is 24.3 Å². The molecule has 3 heteroatoms. The molecule has 1 aromatic carbocycles. The highest BCUT2D eigenvalue weighted by atomic mass is 16.5. The van der Waals surface area contributed by atoms with Crippen LogP contribution in [0.25, 0.3) is 0 Å². The maximum absolute atomic E-state index is 5.83. The minimum atomic E-state index is 0.216. The van der Waals surface area contributed by atoms with Crippen LogP contribution in [0.4, 0.5) is 0 Å². The minimum absolute atomic E-state index is 0.216. The topological polar surface area (TPSA) is 30.5 Å². The standard InChI is InChI=1S/C17H27NO2/c1-5-16-15(10-11-19-16)17(18-4)13-6-8-14(9-7-13)20-12(2)3/h6-9,12,15-18H,5,10-11H2,1-4H3. The van der Waals surface area contributed by atoms with Crippen molar-refractivity contribution in [3.05, 3.63) is 29.8 Å². The number of hydrogen-bond donors (Lipinski definition) is 1. The Morgan fingerprint density at radius 1 is 1.30 bits per heavy atom. The summed E-state index contributed by atoms with van der Waals surface area (Å²) in [6, 6.07) is 8.83. The van der Waals surface area contributed by atoms with Crippen molar-refractivity contribution in [2.75, 3.05) is 13.7 Å². The van der Waals surface area contributed by atoms with Gasteiger partial charge in [-0.05, 0) is 51.4 Å². The van der Waals surface area contributed by atoms with Crippen molar-refractivity contribution in [3.8, 4) is 5.75 Å². The highest BCUT2D eigenvalue weighted by Gasteiger charge is 2.33. The molecule has 1 aliphatic heterocycles. The fourth-order valence-corrected chi connectivity index (χ4v) is 3.12. The summed E-state index contributed by atoms with van der Waals surface area (Å²) in [7, 11) is 2.04. The lowest BCUT2D eigenvalue weighted by atomic mass is 9.87. The quantitative estimate of drug-likeness (QED) is 0.862. The molecule has 3 nitrogen and oxygen atoms in total. The maximum atomic E-state index is 5.83. The van der Waals surface area contributed by atoms with E-state index in [1.54, 1.807) is 0 Å². The van der Waals surface area contributed by atoms with Crippen LogP contribution in [0.2, 0.25) is 0 Å². The van der Waals surface area contributed by atoms with Gasteiger partial charge in [-0.15, -0.1) is 0 Å². The lowest BCUT2D eigenvalue weighted by Crippen LogP contribution is -2.30. The van der Waals surface area contributed by atoms with Gasteiger partial charge in [0.15, 0.2) is 0 Å². The second kappa shape index (κ2) is 7.09. The van der Waals surface area contributed by atoms with Crippen molar-refractivity contribution in [1.82, 2.24) is 5.32 Å². The highest BCUT2D eigenvalue weighted by molar-refractivity contribution is 5.30. The van der Waals surface area contributed by atoms with Gasteiger partial charge in [0.1, 0.15) is 5.75 Å². The molecule has 0 spiro atoms. The summed E-state index contributed by atoms with van der Waals surface area (Å²) in [4.78, 5) is 0. The number of rotatable bonds is 6. The van der Waals surface area contributed by atoms with E-state index in [9.17, 15) is 0 Å². The molecular weight excluding hydrogens is 250 g/mol. The van der Waals surface area contributed by atoms with Gasteiger partial charge < -0.3 is 14.8 Å². The molecule has 3 atom stereocenters. The van der Waals surface area contributed by atoms with Crippen LogP contribution in [-0.2, 0) is 4.74 Å². The fraction of sp³-hybridized carbons (Fsp3) is 0.647. The summed E-state index contributed by atoms with van der Waals surface area (Å²) in [6.45, 7) is 7.18. The van der Waals surface area contributed by atoms with E-state index >= 15 is 0 Å². The fourth-order valence-electron chi connectivity index (χ4n) is 3.12. The summed E-state index contributed by atoms with van der Waals surface area (Å²) >= 11 is 0. The number of nitrogens with one attached hydrogen (secondary N) is 1. The van der Waals surface area contributed by atoms with Gasteiger partial charge in [0, 0.05) is 18.6 Å². The summed E-state index contributed by atoms with van der Waals surface area (Å²) in [5, 5.41) is 3.46. The van der Waals surface area contributed by atoms with Crippen LogP contribution in [0.5, 0.6) is 5.75 Å². The molecule has 20 heavy (non-hydrogen) atoms. The van der Waals surface area contributed by atoms with Crippen LogP contribution in [-0.4, -0.2) is 25.9 Å². The SMILES string of the molecule is CCC1OCCC1C(NC)c1ccc(OC(C)C)cc1. The third kappa shape index (κ3) is 3.53. The summed E-state index contributed by atoms with van der Waals surface area (Å²) in [6.07, 6.45) is 2.80. The lowest BCUT2D eigenvalue weighted by Gasteiger charge is -2.27. The van der Waals surface area contributed by atoms with E-state index in [0.717, 1.165) is 25.2 Å². The van der Waals surface area contributed by atoms with E-state index in [0.29, 0.717) is 18.1 Å². The third-order valence-corrected chi connectivity index (χ3v) is 4.01. The zero-order valence-electron chi connectivity index (χ0n) is 13.1. The molecule has 0 aliphatic carbocycles. The van der Waals surface area contributed by atoms with Crippen molar-refractivity contribution < 1.29 is 9.47 Å². The van der Waals surface area contributed by atoms with Gasteiger partial charge in [-0.3, -0.25) is 0 Å². The highest BCUT2D eigenvalue weighted by Crippen LogP contribution is 2.35. The van der Waals surface area contributed by atoms with Gasteiger partial charge >= 0.3 is 0 Å². The number of hydrogen-bond acceptors (Lipinski definition) is 3. The average molecular weight is 277 g/mol. The summed E-state index contributed by atoms with van der Waals surface area (Å²) in [5.41, 5.74) is 1.32. The van der Waals surface area contributed by atoms with Gasteiger partial charge in [0.2, 0.25) is 0 Å². The van der Waals surface area contributed by atoms with E-state index in [1.807, 2.05) is 20.9 Å². The van der Waals surface area contributed by atoms with Gasteiger partial charge in [-0.2, -0.15) is 0 Å². The molecular formula is C17H27NO2. The molecule has 0 radical (unpaired) electrons. The normalized spacial score (nSPS) is 24.1. The second-order valence-corrected chi connectivity index (χ2v) is 5.77. The smallest absolute Gasteiger partial charge is 0.119 e. The van der Waals surface area contributed by atoms with Crippen molar-refractivity contribution in [2.45, 2.75) is 51.9 Å². The molecule has 0 saturated carbocycles. The van der Waals surface area contributed by atoms with Crippen LogP contribution in [0.1, 0.15) is 45.2 Å². The Hall–Kier alpha value is -1.06. The molecule has 0 bridgehead atoms. The van der Waals surface area contributed by atoms with Gasteiger partial charge in [-0.1, -0.05) is 19.1 Å².